The highest BCUT2D eigenvalue weighted by atomic mass is 35.5. The van der Waals surface area contributed by atoms with Crippen LogP contribution in [0.4, 0.5) is 5.69 Å². The van der Waals surface area contributed by atoms with Gasteiger partial charge in [-0.25, -0.2) is 0 Å². The fourth-order valence-electron chi connectivity index (χ4n) is 4.04. The number of aliphatic hydroxyl groups excluding tert-OH is 1. The van der Waals surface area contributed by atoms with Crippen LogP contribution in [0.2, 0.25) is 5.02 Å². The van der Waals surface area contributed by atoms with Crippen molar-refractivity contribution in [2.24, 2.45) is 0 Å². The molecule has 1 aliphatic rings. The van der Waals surface area contributed by atoms with Gasteiger partial charge in [0.15, 0.2) is 0 Å². The van der Waals surface area contributed by atoms with Crippen LogP contribution < -0.4 is 9.64 Å². The first-order chi connectivity index (χ1) is 15.2. The SMILES string of the molecule is COc1ccc(Cl)cc1/C(O)=C1/C(=O)C(=O)N(c2ccc(C)cc2C)C1c1ccc(C)o1. The van der Waals surface area contributed by atoms with Crippen molar-refractivity contribution >= 4 is 34.7 Å². The standard InChI is InChI=1S/C25H22ClNO5/c1-13-5-8-18(14(2)11-13)27-22(20-9-6-15(3)32-20)21(24(29)25(27)30)23(28)17-12-16(26)7-10-19(17)31-4/h5-12,22,28H,1-4H3/b23-21-. The number of amides is 1. The number of hydrogen-bond acceptors (Lipinski definition) is 5. The molecular weight excluding hydrogens is 430 g/mol. The van der Waals surface area contributed by atoms with Gasteiger partial charge in [-0.3, -0.25) is 14.5 Å². The quantitative estimate of drug-likeness (QED) is 0.322. The minimum atomic E-state index is -0.950. The van der Waals surface area contributed by atoms with Crippen LogP contribution in [0.15, 0.2) is 58.5 Å². The van der Waals surface area contributed by atoms with Crippen molar-refractivity contribution in [2.45, 2.75) is 26.8 Å². The molecule has 1 aromatic heterocycles. The summed E-state index contributed by atoms with van der Waals surface area (Å²) in [4.78, 5) is 27.8. The largest absolute Gasteiger partial charge is 0.507 e. The van der Waals surface area contributed by atoms with Gasteiger partial charge in [-0.2, -0.15) is 0 Å². The van der Waals surface area contributed by atoms with Gasteiger partial charge in [0.25, 0.3) is 11.7 Å². The number of anilines is 1. The summed E-state index contributed by atoms with van der Waals surface area (Å²) in [5.74, 6) is -0.647. The molecule has 0 spiro atoms. The third kappa shape index (κ3) is 3.56. The first-order valence-electron chi connectivity index (χ1n) is 10.0. The van der Waals surface area contributed by atoms with E-state index in [1.54, 1.807) is 37.3 Å². The minimum Gasteiger partial charge on any atom is -0.507 e. The Morgan fingerprint density at radius 1 is 1.06 bits per heavy atom. The monoisotopic (exact) mass is 451 g/mol. The van der Waals surface area contributed by atoms with Gasteiger partial charge in [-0.15, -0.1) is 0 Å². The molecule has 3 aromatic rings. The molecule has 7 heteroatoms. The van der Waals surface area contributed by atoms with E-state index in [4.69, 9.17) is 20.8 Å². The molecule has 1 fully saturated rings. The van der Waals surface area contributed by atoms with Crippen LogP contribution in [0, 0.1) is 20.8 Å². The van der Waals surface area contributed by atoms with Gasteiger partial charge in [-0.05, 0) is 62.7 Å². The Labute approximate surface area is 190 Å². The third-order valence-electron chi connectivity index (χ3n) is 5.50. The first kappa shape index (κ1) is 21.7. The lowest BCUT2D eigenvalue weighted by Gasteiger charge is -2.25. The number of methoxy groups -OCH3 is 1. The molecule has 1 unspecified atom stereocenters. The number of hydrogen-bond donors (Lipinski definition) is 1. The van der Waals surface area contributed by atoms with Crippen molar-refractivity contribution in [3.05, 3.63) is 87.3 Å². The maximum absolute atomic E-state index is 13.2. The van der Waals surface area contributed by atoms with Crippen LogP contribution in [0.3, 0.4) is 0 Å². The number of ether oxygens (including phenoxy) is 1. The number of halogens is 1. The molecule has 1 amide bonds. The number of carbonyl (C=O) groups excluding carboxylic acids is 2. The van der Waals surface area contributed by atoms with E-state index in [9.17, 15) is 14.7 Å². The number of ketones is 1. The molecule has 164 valence electrons. The number of aryl methyl sites for hydroxylation is 3. The lowest BCUT2D eigenvalue weighted by molar-refractivity contribution is -0.132. The lowest BCUT2D eigenvalue weighted by Crippen LogP contribution is -2.30. The second-order valence-electron chi connectivity index (χ2n) is 7.75. The second-order valence-corrected chi connectivity index (χ2v) is 8.19. The normalized spacial score (nSPS) is 17.8. The van der Waals surface area contributed by atoms with E-state index in [1.165, 1.54) is 18.1 Å². The van der Waals surface area contributed by atoms with Gasteiger partial charge < -0.3 is 14.3 Å². The van der Waals surface area contributed by atoms with E-state index < -0.39 is 17.7 Å². The Morgan fingerprint density at radius 2 is 1.81 bits per heavy atom. The van der Waals surface area contributed by atoms with Crippen molar-refractivity contribution in [1.29, 1.82) is 0 Å². The van der Waals surface area contributed by atoms with Gasteiger partial charge in [0.05, 0.1) is 18.2 Å². The molecule has 1 atom stereocenters. The number of benzene rings is 2. The molecule has 2 aromatic carbocycles. The molecule has 32 heavy (non-hydrogen) atoms. The Kier molecular flexibility index (Phi) is 5.57. The number of rotatable bonds is 4. The average molecular weight is 452 g/mol. The van der Waals surface area contributed by atoms with Crippen molar-refractivity contribution in [1.82, 2.24) is 0 Å². The number of aliphatic hydroxyl groups is 1. The molecule has 4 rings (SSSR count). The summed E-state index contributed by atoms with van der Waals surface area (Å²) in [7, 11) is 1.45. The minimum absolute atomic E-state index is 0.0927. The molecule has 1 aliphatic heterocycles. The van der Waals surface area contributed by atoms with Gasteiger partial charge in [-0.1, -0.05) is 29.3 Å². The molecule has 6 nitrogen and oxygen atoms in total. The summed E-state index contributed by atoms with van der Waals surface area (Å²) in [6, 6.07) is 12.8. The zero-order chi connectivity index (χ0) is 23.2. The summed E-state index contributed by atoms with van der Waals surface area (Å²) in [6.45, 7) is 5.59. The summed E-state index contributed by atoms with van der Waals surface area (Å²) in [5, 5.41) is 11.6. The molecule has 0 saturated carbocycles. The molecule has 0 bridgehead atoms. The first-order valence-corrected chi connectivity index (χ1v) is 10.4. The van der Waals surface area contributed by atoms with E-state index in [2.05, 4.69) is 0 Å². The highest BCUT2D eigenvalue weighted by Crippen LogP contribution is 2.44. The Hall–Kier alpha value is -3.51. The van der Waals surface area contributed by atoms with Crippen LogP contribution in [0.25, 0.3) is 5.76 Å². The zero-order valence-electron chi connectivity index (χ0n) is 18.1. The fourth-order valence-corrected chi connectivity index (χ4v) is 4.21. The van der Waals surface area contributed by atoms with Crippen molar-refractivity contribution in [3.63, 3.8) is 0 Å². The Bertz CT molecular complexity index is 1270. The van der Waals surface area contributed by atoms with Gasteiger partial charge >= 0.3 is 0 Å². The summed E-state index contributed by atoms with van der Waals surface area (Å²) >= 11 is 6.14. The van der Waals surface area contributed by atoms with Crippen LogP contribution in [-0.2, 0) is 9.59 Å². The smallest absolute Gasteiger partial charge is 0.300 e. The average Bonchev–Trinajstić information content (AvgIpc) is 3.29. The molecule has 0 aliphatic carbocycles. The number of carbonyl (C=O) groups is 2. The third-order valence-corrected chi connectivity index (χ3v) is 5.74. The maximum Gasteiger partial charge on any atom is 0.300 e. The number of nitrogens with zero attached hydrogens (tertiary/aromatic N) is 1. The summed E-state index contributed by atoms with van der Waals surface area (Å²) in [6.07, 6.45) is 0. The van der Waals surface area contributed by atoms with Gasteiger partial charge in [0.1, 0.15) is 29.1 Å². The molecule has 0 radical (unpaired) electrons. The van der Waals surface area contributed by atoms with E-state index in [-0.39, 0.29) is 16.9 Å². The highest BCUT2D eigenvalue weighted by molar-refractivity contribution is 6.51. The molecular formula is C25H22ClNO5. The highest BCUT2D eigenvalue weighted by Gasteiger charge is 2.49. The molecule has 1 saturated heterocycles. The van der Waals surface area contributed by atoms with Crippen LogP contribution >= 0.6 is 11.6 Å². The van der Waals surface area contributed by atoms with E-state index in [0.29, 0.717) is 28.0 Å². The van der Waals surface area contributed by atoms with Crippen molar-refractivity contribution < 1.29 is 23.8 Å². The Morgan fingerprint density at radius 3 is 2.44 bits per heavy atom. The lowest BCUT2D eigenvalue weighted by atomic mass is 9.98. The van der Waals surface area contributed by atoms with Crippen molar-refractivity contribution in [2.75, 3.05) is 12.0 Å². The Balaban J connectivity index is 2.00. The summed E-state index contributed by atoms with van der Waals surface area (Å²) < 4.78 is 11.2. The van der Waals surface area contributed by atoms with E-state index >= 15 is 0 Å². The predicted octanol–water partition coefficient (Wildman–Crippen LogP) is 5.49. The van der Waals surface area contributed by atoms with Gasteiger partial charge in [0.2, 0.25) is 0 Å². The van der Waals surface area contributed by atoms with Crippen molar-refractivity contribution in [3.8, 4) is 5.75 Å². The number of furan rings is 1. The van der Waals surface area contributed by atoms with Crippen LogP contribution in [0.1, 0.15) is 34.3 Å². The molecule has 1 N–H and O–H groups in total. The topological polar surface area (TPSA) is 80.0 Å². The van der Waals surface area contributed by atoms with E-state index in [1.807, 2.05) is 26.0 Å². The van der Waals surface area contributed by atoms with Crippen LogP contribution in [0.5, 0.6) is 5.75 Å². The fraction of sp³-hybridized carbons (Fsp3) is 0.200. The van der Waals surface area contributed by atoms with Gasteiger partial charge in [0, 0.05) is 10.7 Å². The second kappa shape index (κ2) is 8.20. The maximum atomic E-state index is 13.2. The zero-order valence-corrected chi connectivity index (χ0v) is 18.9. The van der Waals surface area contributed by atoms with Crippen LogP contribution in [-0.4, -0.2) is 23.9 Å². The predicted molar refractivity (Wildman–Crippen MR) is 122 cm³/mol. The molecule has 2 heterocycles. The summed E-state index contributed by atoms with van der Waals surface area (Å²) in [5.41, 5.74) is 2.53. The van der Waals surface area contributed by atoms with E-state index in [0.717, 1.165) is 11.1 Å². The number of Topliss-reactive ketones (excluding diaryl/α,β-unsaturated/α-hetero) is 1.